The number of hydrogen-bond acceptors (Lipinski definition) is 2. The van der Waals surface area contributed by atoms with Crippen LogP contribution in [0, 0.1) is 3.57 Å². The SMILES string of the molecule is Cn1cc(I)c2cccc(C3CCN(C(=O)OC(C)(C)C)CC3)c21. The number of fused-ring (bicyclic) bond motifs is 1. The molecule has 2 heterocycles. The zero-order valence-corrected chi connectivity index (χ0v) is 17.0. The molecule has 4 nitrogen and oxygen atoms in total. The molecule has 0 spiro atoms. The Morgan fingerprint density at radius 3 is 2.54 bits per heavy atom. The molecule has 1 aromatic carbocycles. The van der Waals surface area contributed by atoms with Gasteiger partial charge in [0, 0.05) is 35.3 Å². The first-order chi connectivity index (χ1) is 11.3. The molecule has 5 heteroatoms. The van der Waals surface area contributed by atoms with Crippen molar-refractivity contribution in [1.82, 2.24) is 9.47 Å². The number of halogens is 1. The second-order valence-electron chi connectivity index (χ2n) is 7.57. The summed E-state index contributed by atoms with van der Waals surface area (Å²) >= 11 is 2.40. The number of ether oxygens (including phenoxy) is 1. The molecule has 1 aromatic heterocycles. The maximum atomic E-state index is 12.2. The molecular formula is C19H25IN2O2. The fourth-order valence-corrected chi connectivity index (χ4v) is 4.33. The highest BCUT2D eigenvalue weighted by atomic mass is 127. The largest absolute Gasteiger partial charge is 0.444 e. The standard InChI is InChI=1S/C19H25IN2O2/c1-19(2,3)24-18(23)22-10-8-13(9-11-22)14-6-5-7-15-16(20)12-21(4)17(14)15/h5-7,12-13H,8-11H2,1-4H3. The van der Waals surface area contributed by atoms with Gasteiger partial charge in [0.15, 0.2) is 0 Å². The summed E-state index contributed by atoms with van der Waals surface area (Å²) in [5.74, 6) is 0.497. The van der Waals surface area contributed by atoms with Crippen molar-refractivity contribution in [2.45, 2.75) is 45.1 Å². The van der Waals surface area contributed by atoms with E-state index in [1.165, 1.54) is 20.0 Å². The molecule has 0 radical (unpaired) electrons. The van der Waals surface area contributed by atoms with Gasteiger partial charge in [-0.25, -0.2) is 4.79 Å². The van der Waals surface area contributed by atoms with Gasteiger partial charge in [0.1, 0.15) is 5.60 Å². The molecule has 1 aliphatic rings. The third-order valence-corrected chi connectivity index (χ3v) is 5.43. The van der Waals surface area contributed by atoms with Crippen LogP contribution in [0.5, 0.6) is 0 Å². The van der Waals surface area contributed by atoms with E-state index in [-0.39, 0.29) is 6.09 Å². The molecule has 24 heavy (non-hydrogen) atoms. The van der Waals surface area contributed by atoms with Crippen LogP contribution in [0.1, 0.15) is 45.1 Å². The van der Waals surface area contributed by atoms with Crippen LogP contribution in [0.3, 0.4) is 0 Å². The Kier molecular flexibility index (Phi) is 4.82. The van der Waals surface area contributed by atoms with Gasteiger partial charge in [-0.2, -0.15) is 0 Å². The van der Waals surface area contributed by atoms with Crippen LogP contribution in [0.15, 0.2) is 24.4 Å². The monoisotopic (exact) mass is 440 g/mol. The third kappa shape index (κ3) is 3.55. The number of carbonyl (C=O) groups excluding carboxylic acids is 1. The molecule has 0 saturated carbocycles. The van der Waals surface area contributed by atoms with Gasteiger partial charge in [0.05, 0.1) is 5.52 Å². The highest BCUT2D eigenvalue weighted by Crippen LogP contribution is 2.35. The van der Waals surface area contributed by atoms with E-state index in [0.717, 1.165) is 25.9 Å². The van der Waals surface area contributed by atoms with E-state index in [2.05, 4.69) is 58.6 Å². The summed E-state index contributed by atoms with van der Waals surface area (Å²) in [5, 5.41) is 1.32. The predicted octanol–water partition coefficient (Wildman–Crippen LogP) is 4.90. The molecule has 1 aliphatic heterocycles. The molecule has 0 N–H and O–H groups in total. The number of aryl methyl sites for hydroxylation is 1. The Morgan fingerprint density at radius 1 is 1.25 bits per heavy atom. The summed E-state index contributed by atoms with van der Waals surface area (Å²) in [4.78, 5) is 14.1. The highest BCUT2D eigenvalue weighted by molar-refractivity contribution is 14.1. The fourth-order valence-electron chi connectivity index (χ4n) is 3.48. The van der Waals surface area contributed by atoms with E-state index in [4.69, 9.17) is 4.74 Å². The summed E-state index contributed by atoms with van der Waals surface area (Å²) in [6, 6.07) is 6.59. The molecule has 1 fully saturated rings. The van der Waals surface area contributed by atoms with E-state index in [9.17, 15) is 4.79 Å². The minimum Gasteiger partial charge on any atom is -0.444 e. The zero-order chi connectivity index (χ0) is 17.5. The molecule has 130 valence electrons. The number of benzene rings is 1. The van der Waals surface area contributed by atoms with Crippen LogP contribution in [-0.2, 0) is 11.8 Å². The van der Waals surface area contributed by atoms with Gasteiger partial charge in [0.25, 0.3) is 0 Å². The Bertz CT molecular complexity index is 753. The Labute approximate surface area is 157 Å². The first-order valence-electron chi connectivity index (χ1n) is 8.47. The quantitative estimate of drug-likeness (QED) is 0.592. The van der Waals surface area contributed by atoms with Gasteiger partial charge in [0.2, 0.25) is 0 Å². The molecule has 3 rings (SSSR count). The average Bonchev–Trinajstić information content (AvgIpc) is 2.81. The Balaban J connectivity index is 1.75. The Hall–Kier alpha value is -1.24. The molecular weight excluding hydrogens is 415 g/mol. The second kappa shape index (κ2) is 6.58. The van der Waals surface area contributed by atoms with Gasteiger partial charge in [-0.15, -0.1) is 0 Å². The van der Waals surface area contributed by atoms with Crippen LogP contribution in [-0.4, -0.2) is 34.3 Å². The van der Waals surface area contributed by atoms with Crippen molar-refractivity contribution in [3.05, 3.63) is 33.5 Å². The molecule has 0 unspecified atom stereocenters. The van der Waals surface area contributed by atoms with E-state index in [0.29, 0.717) is 5.92 Å². The van der Waals surface area contributed by atoms with E-state index >= 15 is 0 Å². The van der Waals surface area contributed by atoms with E-state index < -0.39 is 5.60 Å². The molecule has 0 bridgehead atoms. The van der Waals surface area contributed by atoms with Gasteiger partial charge >= 0.3 is 6.09 Å². The summed E-state index contributed by atoms with van der Waals surface area (Å²) in [5.41, 5.74) is 2.30. The maximum Gasteiger partial charge on any atom is 0.410 e. The van der Waals surface area contributed by atoms with Crippen LogP contribution in [0.4, 0.5) is 4.79 Å². The lowest BCUT2D eigenvalue weighted by atomic mass is 9.88. The lowest BCUT2D eigenvalue weighted by molar-refractivity contribution is 0.0205. The van der Waals surface area contributed by atoms with Crippen LogP contribution >= 0.6 is 22.6 Å². The van der Waals surface area contributed by atoms with Crippen molar-refractivity contribution in [2.24, 2.45) is 7.05 Å². The van der Waals surface area contributed by atoms with E-state index in [1.807, 2.05) is 25.7 Å². The van der Waals surface area contributed by atoms with Crippen molar-refractivity contribution < 1.29 is 9.53 Å². The lowest BCUT2D eigenvalue weighted by Crippen LogP contribution is -2.41. The first kappa shape index (κ1) is 17.6. The maximum absolute atomic E-state index is 12.2. The number of aromatic nitrogens is 1. The number of nitrogens with zero attached hydrogens (tertiary/aromatic N) is 2. The molecule has 2 aromatic rings. The van der Waals surface area contributed by atoms with Crippen LogP contribution in [0.2, 0.25) is 0 Å². The smallest absolute Gasteiger partial charge is 0.410 e. The summed E-state index contributed by atoms with van der Waals surface area (Å²) < 4.78 is 9.01. The van der Waals surface area contributed by atoms with Crippen molar-refractivity contribution in [1.29, 1.82) is 0 Å². The van der Waals surface area contributed by atoms with Crippen LogP contribution < -0.4 is 0 Å². The summed E-state index contributed by atoms with van der Waals surface area (Å²) in [7, 11) is 2.11. The summed E-state index contributed by atoms with van der Waals surface area (Å²) in [6.07, 6.45) is 3.97. The molecule has 1 amide bonds. The second-order valence-corrected chi connectivity index (χ2v) is 8.74. The van der Waals surface area contributed by atoms with Crippen molar-refractivity contribution >= 4 is 39.6 Å². The summed E-state index contributed by atoms with van der Waals surface area (Å²) in [6.45, 7) is 7.26. The number of likely N-dealkylation sites (tertiary alicyclic amines) is 1. The predicted molar refractivity (Wildman–Crippen MR) is 105 cm³/mol. The minimum atomic E-state index is -0.431. The minimum absolute atomic E-state index is 0.187. The average molecular weight is 440 g/mol. The number of piperidine rings is 1. The fraction of sp³-hybridized carbons (Fsp3) is 0.526. The number of amides is 1. The van der Waals surface area contributed by atoms with Gasteiger partial charge in [-0.3, -0.25) is 0 Å². The van der Waals surface area contributed by atoms with Gasteiger partial charge in [-0.05, 0) is 67.7 Å². The van der Waals surface area contributed by atoms with Gasteiger partial charge in [-0.1, -0.05) is 18.2 Å². The number of hydrogen-bond donors (Lipinski definition) is 0. The third-order valence-electron chi connectivity index (χ3n) is 4.57. The van der Waals surface area contributed by atoms with Gasteiger partial charge < -0.3 is 14.2 Å². The van der Waals surface area contributed by atoms with E-state index in [1.54, 1.807) is 0 Å². The number of para-hydroxylation sites is 1. The zero-order valence-electron chi connectivity index (χ0n) is 14.8. The van der Waals surface area contributed by atoms with Crippen molar-refractivity contribution in [3.8, 4) is 0 Å². The first-order valence-corrected chi connectivity index (χ1v) is 9.55. The number of rotatable bonds is 1. The van der Waals surface area contributed by atoms with Crippen molar-refractivity contribution in [2.75, 3.05) is 13.1 Å². The van der Waals surface area contributed by atoms with Crippen LogP contribution in [0.25, 0.3) is 10.9 Å². The topological polar surface area (TPSA) is 34.5 Å². The Morgan fingerprint density at radius 2 is 1.92 bits per heavy atom. The molecule has 0 atom stereocenters. The highest BCUT2D eigenvalue weighted by Gasteiger charge is 2.28. The molecule has 0 aliphatic carbocycles. The van der Waals surface area contributed by atoms with Crippen molar-refractivity contribution in [3.63, 3.8) is 0 Å². The normalized spacial score (nSPS) is 16.6. The number of carbonyl (C=O) groups is 1. The lowest BCUT2D eigenvalue weighted by Gasteiger charge is -2.34. The molecule has 1 saturated heterocycles.